The van der Waals surface area contributed by atoms with Gasteiger partial charge in [0.1, 0.15) is 22.9 Å². The van der Waals surface area contributed by atoms with Crippen LogP contribution in [0.3, 0.4) is 0 Å². The van der Waals surface area contributed by atoms with Crippen molar-refractivity contribution in [1.29, 1.82) is 10.8 Å². The van der Waals surface area contributed by atoms with Gasteiger partial charge in [0.05, 0.1) is 6.61 Å². The normalized spacial score (nSPS) is 15.1. The van der Waals surface area contributed by atoms with Crippen LogP contribution in [0.4, 0.5) is 8.78 Å². The van der Waals surface area contributed by atoms with E-state index in [9.17, 15) is 8.78 Å². The van der Waals surface area contributed by atoms with E-state index in [0.717, 1.165) is 50.9 Å². The molecule has 3 N–H and O–H groups in total. The SMILES string of the molecule is CC(=N)OC(=N)c1c(F)cc(OCCCC2CCNCC2)cc1F. The van der Waals surface area contributed by atoms with Gasteiger partial charge in [-0.25, -0.2) is 8.78 Å². The monoisotopic (exact) mass is 339 g/mol. The van der Waals surface area contributed by atoms with Crippen molar-refractivity contribution in [1.82, 2.24) is 5.32 Å². The topological polar surface area (TPSA) is 78.2 Å². The van der Waals surface area contributed by atoms with Gasteiger partial charge in [-0.05, 0) is 44.7 Å². The zero-order valence-corrected chi connectivity index (χ0v) is 13.8. The second-order valence-electron chi connectivity index (χ2n) is 5.93. The van der Waals surface area contributed by atoms with Crippen molar-refractivity contribution in [3.05, 3.63) is 29.3 Å². The fourth-order valence-electron chi connectivity index (χ4n) is 2.79. The van der Waals surface area contributed by atoms with Gasteiger partial charge in [0.15, 0.2) is 5.90 Å². The van der Waals surface area contributed by atoms with Crippen LogP contribution in [-0.2, 0) is 4.74 Å². The summed E-state index contributed by atoms with van der Waals surface area (Å²) < 4.78 is 38.1. The van der Waals surface area contributed by atoms with Crippen LogP contribution in [0.25, 0.3) is 0 Å². The maximum atomic E-state index is 14.0. The van der Waals surface area contributed by atoms with E-state index in [4.69, 9.17) is 15.6 Å². The summed E-state index contributed by atoms with van der Waals surface area (Å²) in [6.45, 7) is 3.78. The first kappa shape index (κ1) is 18.3. The Balaban J connectivity index is 1.87. The van der Waals surface area contributed by atoms with Crippen molar-refractivity contribution in [3.8, 4) is 5.75 Å². The van der Waals surface area contributed by atoms with Gasteiger partial charge in [0, 0.05) is 19.1 Å². The molecular formula is C17H23F2N3O2. The Morgan fingerprint density at radius 2 is 1.83 bits per heavy atom. The maximum Gasteiger partial charge on any atom is 0.226 e. The van der Waals surface area contributed by atoms with Crippen LogP contribution in [0.5, 0.6) is 5.75 Å². The molecule has 1 fully saturated rings. The summed E-state index contributed by atoms with van der Waals surface area (Å²) >= 11 is 0. The third-order valence-corrected chi connectivity index (χ3v) is 3.98. The molecule has 0 spiro atoms. The largest absolute Gasteiger partial charge is 0.493 e. The highest BCUT2D eigenvalue weighted by Crippen LogP contribution is 2.23. The van der Waals surface area contributed by atoms with Gasteiger partial charge in [0.25, 0.3) is 0 Å². The average Bonchev–Trinajstić information content (AvgIpc) is 2.51. The van der Waals surface area contributed by atoms with Crippen LogP contribution < -0.4 is 10.1 Å². The summed E-state index contributed by atoms with van der Waals surface area (Å²) in [6, 6.07) is 2.08. The highest BCUT2D eigenvalue weighted by Gasteiger charge is 2.18. The molecule has 0 aliphatic carbocycles. The summed E-state index contributed by atoms with van der Waals surface area (Å²) in [4.78, 5) is 0. The Labute approximate surface area is 140 Å². The van der Waals surface area contributed by atoms with Gasteiger partial charge >= 0.3 is 0 Å². The highest BCUT2D eigenvalue weighted by atomic mass is 19.1. The Morgan fingerprint density at radius 3 is 2.42 bits per heavy atom. The van der Waals surface area contributed by atoms with Crippen molar-refractivity contribution >= 4 is 11.8 Å². The minimum absolute atomic E-state index is 0.0958. The minimum atomic E-state index is -0.936. The molecule has 1 aromatic carbocycles. The van der Waals surface area contributed by atoms with E-state index in [2.05, 4.69) is 10.1 Å². The fraction of sp³-hybridized carbons (Fsp3) is 0.529. The molecule has 2 rings (SSSR count). The van der Waals surface area contributed by atoms with E-state index in [1.165, 1.54) is 6.92 Å². The molecule has 0 saturated carbocycles. The van der Waals surface area contributed by atoms with E-state index < -0.39 is 23.1 Å². The number of ether oxygens (including phenoxy) is 2. The van der Waals surface area contributed by atoms with Crippen LogP contribution in [-0.4, -0.2) is 31.5 Å². The van der Waals surface area contributed by atoms with E-state index in [1.54, 1.807) is 0 Å². The molecule has 1 aliphatic heterocycles. The summed E-state index contributed by atoms with van der Waals surface area (Å²) in [5.74, 6) is -2.12. The predicted octanol–water partition coefficient (Wildman–Crippen LogP) is 3.46. The molecule has 0 atom stereocenters. The predicted molar refractivity (Wildman–Crippen MR) is 88.0 cm³/mol. The Kier molecular flexibility index (Phi) is 6.66. The van der Waals surface area contributed by atoms with Gasteiger partial charge < -0.3 is 14.8 Å². The van der Waals surface area contributed by atoms with E-state index >= 15 is 0 Å². The molecule has 0 bridgehead atoms. The molecular weight excluding hydrogens is 316 g/mol. The number of hydrogen-bond acceptors (Lipinski definition) is 5. The van der Waals surface area contributed by atoms with Crippen molar-refractivity contribution < 1.29 is 18.3 Å². The molecule has 1 aromatic rings. The molecule has 0 aromatic heterocycles. The summed E-state index contributed by atoms with van der Waals surface area (Å²) in [5, 5.41) is 17.9. The Hall–Kier alpha value is -2.02. The standard InChI is InChI=1S/C17H23F2N3O2/c1-11(20)24-17(21)16-14(18)9-13(10-15(16)19)23-8-2-3-12-4-6-22-7-5-12/h9-10,12,20-22H,2-8H2,1H3. The molecule has 5 nitrogen and oxygen atoms in total. The molecule has 1 aliphatic rings. The van der Waals surface area contributed by atoms with Gasteiger partial charge in [-0.2, -0.15) is 0 Å². The van der Waals surface area contributed by atoms with Gasteiger partial charge in [0.2, 0.25) is 5.90 Å². The number of hydrogen-bond donors (Lipinski definition) is 3. The molecule has 24 heavy (non-hydrogen) atoms. The highest BCUT2D eigenvalue weighted by molar-refractivity contribution is 5.99. The second kappa shape index (κ2) is 8.73. The summed E-state index contributed by atoms with van der Waals surface area (Å²) in [5.41, 5.74) is -0.594. The Bertz CT molecular complexity index is 578. The third-order valence-electron chi connectivity index (χ3n) is 3.98. The number of halogens is 2. The average molecular weight is 339 g/mol. The zero-order valence-electron chi connectivity index (χ0n) is 13.8. The molecule has 1 heterocycles. The second-order valence-corrected chi connectivity index (χ2v) is 5.93. The van der Waals surface area contributed by atoms with Crippen LogP contribution in [0.2, 0.25) is 0 Å². The van der Waals surface area contributed by atoms with Gasteiger partial charge in [-0.1, -0.05) is 0 Å². The van der Waals surface area contributed by atoms with Crippen molar-refractivity contribution in [2.24, 2.45) is 5.92 Å². The van der Waals surface area contributed by atoms with E-state index in [-0.39, 0.29) is 11.6 Å². The van der Waals surface area contributed by atoms with Crippen molar-refractivity contribution in [2.45, 2.75) is 32.6 Å². The first-order chi connectivity index (χ1) is 11.5. The van der Waals surface area contributed by atoms with Crippen molar-refractivity contribution in [2.75, 3.05) is 19.7 Å². The van der Waals surface area contributed by atoms with Crippen molar-refractivity contribution in [3.63, 3.8) is 0 Å². The molecule has 0 radical (unpaired) electrons. The lowest BCUT2D eigenvalue weighted by Gasteiger charge is -2.22. The molecule has 0 unspecified atom stereocenters. The van der Waals surface area contributed by atoms with Gasteiger partial charge in [-0.3, -0.25) is 10.8 Å². The lowest BCUT2D eigenvalue weighted by molar-refractivity contribution is 0.272. The maximum absolute atomic E-state index is 14.0. The fourth-order valence-corrected chi connectivity index (χ4v) is 2.79. The number of nitrogens with one attached hydrogen (secondary N) is 3. The number of piperidine rings is 1. The first-order valence-corrected chi connectivity index (χ1v) is 8.12. The molecule has 1 saturated heterocycles. The van der Waals surface area contributed by atoms with Crippen LogP contribution in [0.1, 0.15) is 38.2 Å². The Morgan fingerprint density at radius 1 is 1.21 bits per heavy atom. The van der Waals surface area contributed by atoms with Crippen LogP contribution >= 0.6 is 0 Å². The quantitative estimate of drug-likeness (QED) is 0.422. The first-order valence-electron chi connectivity index (χ1n) is 8.12. The van der Waals surface area contributed by atoms with Crippen LogP contribution in [0.15, 0.2) is 12.1 Å². The number of rotatable bonds is 6. The smallest absolute Gasteiger partial charge is 0.226 e. The zero-order chi connectivity index (χ0) is 17.5. The van der Waals surface area contributed by atoms with Crippen LogP contribution in [0, 0.1) is 28.4 Å². The lowest BCUT2D eigenvalue weighted by atomic mass is 9.93. The molecule has 132 valence electrons. The minimum Gasteiger partial charge on any atom is -0.493 e. The summed E-state index contributed by atoms with van der Waals surface area (Å²) in [7, 11) is 0. The summed E-state index contributed by atoms with van der Waals surface area (Å²) in [6.07, 6.45) is 4.20. The third kappa shape index (κ3) is 5.26. The lowest BCUT2D eigenvalue weighted by Crippen LogP contribution is -2.27. The van der Waals surface area contributed by atoms with E-state index in [0.29, 0.717) is 12.5 Å². The molecule has 0 amide bonds. The number of benzene rings is 1. The van der Waals surface area contributed by atoms with Gasteiger partial charge in [-0.15, -0.1) is 0 Å². The molecule has 7 heteroatoms. The van der Waals surface area contributed by atoms with E-state index in [1.807, 2.05) is 0 Å².